The number of nitrogens with one attached hydrogen (secondary N) is 1. The molecule has 2 atom stereocenters. The van der Waals surface area contributed by atoms with Crippen LogP contribution in [0.25, 0.3) is 6.08 Å². The minimum atomic E-state index is -0.881. The number of aromatic carboxylic acids is 1. The topological polar surface area (TPSA) is 49.3 Å². The highest BCUT2D eigenvalue weighted by Crippen LogP contribution is 2.63. The predicted octanol–water partition coefficient (Wildman–Crippen LogP) is 5.94. The largest absolute Gasteiger partial charge is 0.478 e. The number of carboxylic acid groups (broad SMARTS) is 1. The second-order valence-corrected chi connectivity index (χ2v) is 11.2. The van der Waals surface area contributed by atoms with Crippen molar-refractivity contribution < 1.29 is 9.90 Å². The molecule has 0 radical (unpaired) electrons. The molecule has 1 aliphatic heterocycles. The lowest BCUT2D eigenvalue weighted by Gasteiger charge is -2.43. The van der Waals surface area contributed by atoms with Gasteiger partial charge in [-0.15, -0.1) is 0 Å². The number of carboxylic acids is 1. The summed E-state index contributed by atoms with van der Waals surface area (Å²) in [6.45, 7) is 12.8. The van der Waals surface area contributed by atoms with Gasteiger partial charge in [0.05, 0.1) is 5.56 Å². The van der Waals surface area contributed by atoms with E-state index in [1.165, 1.54) is 47.2 Å². The molecule has 2 N–H and O–H groups in total. The zero-order valence-corrected chi connectivity index (χ0v) is 19.3. The van der Waals surface area contributed by atoms with Crippen molar-refractivity contribution in [1.82, 2.24) is 5.32 Å². The summed E-state index contributed by atoms with van der Waals surface area (Å²) in [6, 6.07) is 12.2. The molecule has 0 aromatic heterocycles. The van der Waals surface area contributed by atoms with E-state index in [2.05, 4.69) is 58.1 Å². The van der Waals surface area contributed by atoms with Crippen molar-refractivity contribution in [3.05, 3.63) is 75.5 Å². The third-order valence-corrected chi connectivity index (χ3v) is 8.25. The van der Waals surface area contributed by atoms with Gasteiger partial charge < -0.3 is 10.4 Å². The first-order valence-corrected chi connectivity index (χ1v) is 11.5. The standard InChI is InChI=1S/C28H33NO2/c1-17-11-22-23(27(4,5)10-9-26(22,2)3)14-21(17)28-15-20(28)16-29-24(28)13-18-7-6-8-19(12-18)25(30)31/h6-8,11-14,20,29H,9-10,15-16H2,1-5H3,(H,30,31)/b24-13-/t20?,28-/m0/s1. The van der Waals surface area contributed by atoms with E-state index in [4.69, 9.17) is 0 Å². The molecule has 5 rings (SSSR count). The minimum Gasteiger partial charge on any atom is -0.478 e. The van der Waals surface area contributed by atoms with Crippen LogP contribution in [0.1, 0.15) is 85.1 Å². The lowest BCUT2D eigenvalue weighted by Crippen LogP contribution is -2.34. The van der Waals surface area contributed by atoms with Gasteiger partial charge in [-0.25, -0.2) is 4.79 Å². The molecule has 162 valence electrons. The summed E-state index contributed by atoms with van der Waals surface area (Å²) >= 11 is 0. The Bertz CT molecular complexity index is 1120. The fourth-order valence-electron chi connectivity index (χ4n) is 6.08. The van der Waals surface area contributed by atoms with Crippen LogP contribution in [-0.2, 0) is 16.2 Å². The van der Waals surface area contributed by atoms with E-state index in [-0.39, 0.29) is 16.2 Å². The first-order chi connectivity index (χ1) is 14.5. The van der Waals surface area contributed by atoms with Crippen LogP contribution in [0.15, 0.2) is 42.1 Å². The third-order valence-electron chi connectivity index (χ3n) is 8.25. The van der Waals surface area contributed by atoms with Gasteiger partial charge in [-0.05, 0) is 89.0 Å². The predicted molar refractivity (Wildman–Crippen MR) is 126 cm³/mol. The van der Waals surface area contributed by atoms with Crippen molar-refractivity contribution >= 4 is 12.0 Å². The Morgan fingerprint density at radius 3 is 2.35 bits per heavy atom. The lowest BCUT2D eigenvalue weighted by atomic mass is 9.62. The molecular formula is C28H33NO2. The Labute approximate surface area is 185 Å². The highest BCUT2D eigenvalue weighted by Gasteiger charge is 2.62. The minimum absolute atomic E-state index is 0.0516. The molecule has 1 saturated heterocycles. The van der Waals surface area contributed by atoms with Crippen LogP contribution in [0.5, 0.6) is 0 Å². The van der Waals surface area contributed by atoms with Crippen LogP contribution in [0, 0.1) is 12.8 Å². The van der Waals surface area contributed by atoms with Gasteiger partial charge in [-0.2, -0.15) is 0 Å². The second kappa shape index (κ2) is 6.48. The highest BCUT2D eigenvalue weighted by atomic mass is 16.4. The molecule has 2 aromatic carbocycles. The molecule has 2 aliphatic carbocycles. The van der Waals surface area contributed by atoms with Gasteiger partial charge in [0.1, 0.15) is 0 Å². The molecule has 0 bridgehead atoms. The van der Waals surface area contributed by atoms with Crippen LogP contribution >= 0.6 is 0 Å². The summed E-state index contributed by atoms with van der Waals surface area (Å²) < 4.78 is 0. The van der Waals surface area contributed by atoms with Crippen LogP contribution in [0.4, 0.5) is 0 Å². The van der Waals surface area contributed by atoms with E-state index in [0.717, 1.165) is 12.1 Å². The normalized spacial score (nSPS) is 28.5. The van der Waals surface area contributed by atoms with E-state index in [1.54, 1.807) is 12.1 Å². The molecule has 1 unspecified atom stereocenters. The molecule has 1 heterocycles. The van der Waals surface area contributed by atoms with Gasteiger partial charge in [-0.1, -0.05) is 52.0 Å². The Morgan fingerprint density at radius 2 is 1.71 bits per heavy atom. The number of allylic oxidation sites excluding steroid dienone is 1. The summed E-state index contributed by atoms with van der Waals surface area (Å²) in [6.07, 6.45) is 5.79. The van der Waals surface area contributed by atoms with Gasteiger partial charge in [0.2, 0.25) is 0 Å². The molecule has 0 amide bonds. The first kappa shape index (κ1) is 20.4. The Kier molecular flexibility index (Phi) is 4.25. The molecule has 3 heteroatoms. The highest BCUT2D eigenvalue weighted by molar-refractivity contribution is 5.88. The molecule has 1 saturated carbocycles. The molecule has 3 nitrogen and oxygen atoms in total. The average Bonchev–Trinajstić information content (AvgIpc) is 3.34. The van der Waals surface area contributed by atoms with Crippen LogP contribution < -0.4 is 5.32 Å². The fourth-order valence-corrected chi connectivity index (χ4v) is 6.08. The maximum Gasteiger partial charge on any atom is 0.335 e. The Morgan fingerprint density at radius 1 is 1.03 bits per heavy atom. The Hall–Kier alpha value is -2.55. The number of hydrogen-bond acceptors (Lipinski definition) is 2. The fraction of sp³-hybridized carbons (Fsp3) is 0.464. The molecule has 2 fully saturated rings. The van der Waals surface area contributed by atoms with Crippen LogP contribution in [0.2, 0.25) is 0 Å². The van der Waals surface area contributed by atoms with Crippen LogP contribution in [-0.4, -0.2) is 17.6 Å². The van der Waals surface area contributed by atoms with Crippen molar-refractivity contribution in [1.29, 1.82) is 0 Å². The van der Waals surface area contributed by atoms with E-state index >= 15 is 0 Å². The first-order valence-electron chi connectivity index (χ1n) is 11.5. The molecule has 0 spiro atoms. The van der Waals surface area contributed by atoms with Gasteiger partial charge in [-0.3, -0.25) is 0 Å². The monoisotopic (exact) mass is 415 g/mol. The summed E-state index contributed by atoms with van der Waals surface area (Å²) in [7, 11) is 0. The zero-order valence-electron chi connectivity index (χ0n) is 19.3. The van der Waals surface area contributed by atoms with Crippen molar-refractivity contribution in [2.45, 2.75) is 70.1 Å². The third kappa shape index (κ3) is 3.04. The van der Waals surface area contributed by atoms with E-state index in [1.807, 2.05) is 12.1 Å². The Balaban J connectivity index is 1.62. The molecule has 3 aliphatic rings. The summed E-state index contributed by atoms with van der Waals surface area (Å²) in [4.78, 5) is 11.4. The van der Waals surface area contributed by atoms with Gasteiger partial charge in [0.25, 0.3) is 0 Å². The SMILES string of the molecule is Cc1cc2c(cc1[C@]13CC1CN/C3=C\c1cccc(C(=O)O)c1)C(C)(C)CCC2(C)C. The second-order valence-electron chi connectivity index (χ2n) is 11.2. The van der Waals surface area contributed by atoms with E-state index < -0.39 is 5.97 Å². The summed E-state index contributed by atoms with van der Waals surface area (Å²) in [5.74, 6) is -0.258. The van der Waals surface area contributed by atoms with Crippen molar-refractivity contribution in [3.63, 3.8) is 0 Å². The van der Waals surface area contributed by atoms with Crippen molar-refractivity contribution in [3.8, 4) is 0 Å². The summed E-state index contributed by atoms with van der Waals surface area (Å²) in [5.41, 5.74) is 8.89. The quantitative estimate of drug-likeness (QED) is 0.652. The smallest absolute Gasteiger partial charge is 0.335 e. The van der Waals surface area contributed by atoms with Gasteiger partial charge >= 0.3 is 5.97 Å². The maximum atomic E-state index is 11.4. The molecule has 2 aromatic rings. The van der Waals surface area contributed by atoms with Gasteiger partial charge in [0, 0.05) is 17.7 Å². The van der Waals surface area contributed by atoms with Crippen molar-refractivity contribution in [2.75, 3.05) is 6.54 Å². The maximum absolute atomic E-state index is 11.4. The van der Waals surface area contributed by atoms with Crippen LogP contribution in [0.3, 0.4) is 0 Å². The van der Waals surface area contributed by atoms with E-state index in [0.29, 0.717) is 11.5 Å². The van der Waals surface area contributed by atoms with Gasteiger partial charge in [0.15, 0.2) is 0 Å². The van der Waals surface area contributed by atoms with Crippen molar-refractivity contribution in [2.24, 2.45) is 5.92 Å². The number of rotatable bonds is 3. The number of carbonyl (C=O) groups is 1. The molecular weight excluding hydrogens is 382 g/mol. The number of piperidine rings is 1. The number of aryl methyl sites for hydroxylation is 1. The van der Waals surface area contributed by atoms with E-state index in [9.17, 15) is 9.90 Å². The number of fused-ring (bicyclic) bond motifs is 2. The number of hydrogen-bond donors (Lipinski definition) is 2. The average molecular weight is 416 g/mol. The number of benzene rings is 2. The molecule has 31 heavy (non-hydrogen) atoms. The lowest BCUT2D eigenvalue weighted by molar-refractivity contribution is 0.0697. The zero-order chi connectivity index (χ0) is 22.2. The summed E-state index contributed by atoms with van der Waals surface area (Å²) in [5, 5.41) is 13.0.